The van der Waals surface area contributed by atoms with Crippen LogP contribution in [0.15, 0.2) is 22.7 Å². The molecule has 1 aromatic rings. The summed E-state index contributed by atoms with van der Waals surface area (Å²) in [7, 11) is 2.26. The Bertz CT molecular complexity index is 271. The molecule has 0 aliphatic heterocycles. The van der Waals surface area contributed by atoms with Crippen LogP contribution in [0.2, 0.25) is 0 Å². The molecule has 0 atom stereocenters. The molecule has 2 nitrogen and oxygen atoms in total. The van der Waals surface area contributed by atoms with Gasteiger partial charge in [-0.3, -0.25) is 0 Å². The van der Waals surface area contributed by atoms with Gasteiger partial charge in [0, 0.05) is 24.2 Å². The van der Waals surface area contributed by atoms with E-state index < -0.39 is 7.12 Å². The highest BCUT2D eigenvalue weighted by Crippen LogP contribution is 2.10. The Balaban J connectivity index is 3.10. The van der Waals surface area contributed by atoms with E-state index in [9.17, 15) is 4.39 Å². The largest absolute Gasteiger partial charge is 0.497 e. The van der Waals surface area contributed by atoms with Crippen molar-refractivity contribution in [1.82, 2.24) is 0 Å². The van der Waals surface area contributed by atoms with Crippen LogP contribution >= 0.6 is 15.9 Å². The zero-order valence-electron chi connectivity index (χ0n) is 7.38. The van der Waals surface area contributed by atoms with Crippen molar-refractivity contribution in [3.63, 3.8) is 0 Å². The van der Waals surface area contributed by atoms with E-state index in [2.05, 4.69) is 15.9 Å². The van der Waals surface area contributed by atoms with Crippen molar-refractivity contribution in [2.24, 2.45) is 0 Å². The fourth-order valence-corrected chi connectivity index (χ4v) is 1.60. The van der Waals surface area contributed by atoms with Gasteiger partial charge in [0.2, 0.25) is 0 Å². The fraction of sp³-hybridized carbons (Fsp3) is 0.250. The molecule has 0 amide bonds. The van der Waals surface area contributed by atoms with Gasteiger partial charge >= 0.3 is 7.12 Å². The van der Waals surface area contributed by atoms with Gasteiger partial charge in [-0.2, -0.15) is 0 Å². The molecule has 0 aromatic heterocycles. The first-order valence-electron chi connectivity index (χ1n) is 3.70. The topological polar surface area (TPSA) is 18.5 Å². The van der Waals surface area contributed by atoms with Gasteiger partial charge in [-0.05, 0) is 12.1 Å². The van der Waals surface area contributed by atoms with E-state index in [4.69, 9.17) is 9.31 Å². The summed E-state index contributed by atoms with van der Waals surface area (Å²) >= 11 is 3.23. The molecule has 0 spiro atoms. The summed E-state index contributed by atoms with van der Waals surface area (Å²) in [6.07, 6.45) is 0. The van der Waals surface area contributed by atoms with Crippen LogP contribution in [0.25, 0.3) is 0 Å². The van der Waals surface area contributed by atoms with Crippen molar-refractivity contribution in [2.75, 3.05) is 14.2 Å². The third-order valence-corrected chi connectivity index (χ3v) is 2.36. The van der Waals surface area contributed by atoms with Gasteiger partial charge in [0.05, 0.1) is 0 Å². The molecule has 1 rings (SSSR count). The van der Waals surface area contributed by atoms with E-state index in [1.165, 1.54) is 20.3 Å². The predicted molar refractivity (Wildman–Crippen MR) is 53.5 cm³/mol. The molecule has 0 bridgehead atoms. The first kappa shape index (κ1) is 10.7. The van der Waals surface area contributed by atoms with E-state index >= 15 is 0 Å². The summed E-state index contributed by atoms with van der Waals surface area (Å²) in [4.78, 5) is 0. The minimum absolute atomic E-state index is 0.344. The lowest BCUT2D eigenvalue weighted by Crippen LogP contribution is -2.38. The maximum atomic E-state index is 13.3. The highest BCUT2D eigenvalue weighted by atomic mass is 79.9. The Morgan fingerprint density at radius 1 is 1.31 bits per heavy atom. The SMILES string of the molecule is COB(OC)c1c(F)cccc1Br. The van der Waals surface area contributed by atoms with Gasteiger partial charge in [0.25, 0.3) is 0 Å². The smallest absolute Gasteiger partial charge is 0.410 e. The van der Waals surface area contributed by atoms with Crippen molar-refractivity contribution < 1.29 is 13.7 Å². The molecule has 0 fully saturated rings. The van der Waals surface area contributed by atoms with Crippen molar-refractivity contribution in [1.29, 1.82) is 0 Å². The third-order valence-electron chi connectivity index (χ3n) is 1.66. The highest BCUT2D eigenvalue weighted by Gasteiger charge is 2.24. The Hall–Kier alpha value is -0.385. The molecule has 0 unspecified atom stereocenters. The number of halogens is 2. The van der Waals surface area contributed by atoms with Crippen LogP contribution < -0.4 is 5.46 Å². The molecule has 13 heavy (non-hydrogen) atoms. The summed E-state index contributed by atoms with van der Waals surface area (Å²) in [5, 5.41) is 0. The lowest BCUT2D eigenvalue weighted by atomic mass is 9.78. The molecule has 0 saturated carbocycles. The predicted octanol–water partition coefficient (Wildman–Crippen LogP) is 1.58. The van der Waals surface area contributed by atoms with Gasteiger partial charge in [0.1, 0.15) is 5.82 Å². The summed E-state index contributed by atoms with van der Waals surface area (Å²) in [5.41, 5.74) is 0.382. The standard InChI is InChI=1S/C8H9BBrFO2/c1-12-9(13-2)8-6(10)4-3-5-7(8)11/h3-5H,1-2H3. The number of hydrogen-bond donors (Lipinski definition) is 0. The van der Waals surface area contributed by atoms with Gasteiger partial charge in [-0.1, -0.05) is 22.0 Å². The van der Waals surface area contributed by atoms with Crippen LogP contribution in [0.1, 0.15) is 0 Å². The number of benzene rings is 1. The zero-order valence-corrected chi connectivity index (χ0v) is 8.97. The normalized spacial score (nSPS) is 10.2. The van der Waals surface area contributed by atoms with Crippen LogP contribution in [0.3, 0.4) is 0 Å². The zero-order chi connectivity index (χ0) is 9.84. The average molecular weight is 247 g/mol. The number of rotatable bonds is 3. The van der Waals surface area contributed by atoms with Crippen LogP contribution in [0.5, 0.6) is 0 Å². The van der Waals surface area contributed by atoms with E-state index in [1.54, 1.807) is 12.1 Å². The van der Waals surface area contributed by atoms with Gasteiger partial charge in [0.15, 0.2) is 0 Å². The molecule has 0 radical (unpaired) electrons. The summed E-state index contributed by atoms with van der Waals surface area (Å²) in [6.45, 7) is 0. The molecule has 0 aliphatic carbocycles. The molecule has 5 heteroatoms. The Morgan fingerprint density at radius 2 is 1.92 bits per heavy atom. The lowest BCUT2D eigenvalue weighted by Gasteiger charge is -2.11. The lowest BCUT2D eigenvalue weighted by molar-refractivity contribution is 0.290. The molecule has 0 N–H and O–H groups in total. The van der Waals surface area contributed by atoms with Crippen molar-refractivity contribution in [3.05, 3.63) is 28.5 Å². The van der Waals surface area contributed by atoms with Gasteiger partial charge in [-0.15, -0.1) is 0 Å². The molecular weight excluding hydrogens is 238 g/mol. The van der Waals surface area contributed by atoms with Crippen molar-refractivity contribution >= 4 is 28.5 Å². The molecule has 70 valence electrons. The minimum atomic E-state index is -0.671. The molecule has 1 aromatic carbocycles. The Labute approximate surface area is 85.3 Å². The van der Waals surface area contributed by atoms with Crippen LogP contribution in [-0.2, 0) is 9.31 Å². The second-order valence-corrected chi connectivity index (χ2v) is 3.29. The van der Waals surface area contributed by atoms with Crippen molar-refractivity contribution in [3.8, 4) is 0 Å². The first-order valence-corrected chi connectivity index (χ1v) is 4.49. The van der Waals surface area contributed by atoms with Gasteiger partial charge < -0.3 is 9.31 Å². The van der Waals surface area contributed by atoms with E-state index in [0.29, 0.717) is 9.94 Å². The average Bonchev–Trinajstić information content (AvgIpc) is 2.11. The van der Waals surface area contributed by atoms with E-state index in [0.717, 1.165) is 0 Å². The first-order chi connectivity index (χ1) is 6.20. The number of hydrogen-bond acceptors (Lipinski definition) is 2. The highest BCUT2D eigenvalue weighted by molar-refractivity contribution is 9.10. The summed E-state index contributed by atoms with van der Waals surface area (Å²) in [6, 6.07) is 4.72. The molecule has 0 aliphatic rings. The maximum Gasteiger partial charge on any atom is 0.497 e. The fourth-order valence-electron chi connectivity index (χ4n) is 1.07. The second kappa shape index (κ2) is 4.74. The Morgan fingerprint density at radius 3 is 2.38 bits per heavy atom. The molecule has 0 saturated heterocycles. The molecular formula is C8H9BBrFO2. The van der Waals surface area contributed by atoms with Gasteiger partial charge in [-0.25, -0.2) is 4.39 Å². The van der Waals surface area contributed by atoms with Crippen LogP contribution in [-0.4, -0.2) is 21.3 Å². The monoisotopic (exact) mass is 246 g/mol. The van der Waals surface area contributed by atoms with Crippen LogP contribution in [0.4, 0.5) is 4.39 Å². The van der Waals surface area contributed by atoms with E-state index in [1.807, 2.05) is 0 Å². The maximum absolute atomic E-state index is 13.3. The van der Waals surface area contributed by atoms with Crippen LogP contribution in [0, 0.1) is 5.82 Å². The third kappa shape index (κ3) is 2.30. The minimum Gasteiger partial charge on any atom is -0.410 e. The quantitative estimate of drug-likeness (QED) is 0.754. The van der Waals surface area contributed by atoms with E-state index in [-0.39, 0.29) is 5.82 Å². The second-order valence-electron chi connectivity index (χ2n) is 2.44. The van der Waals surface area contributed by atoms with Crippen molar-refractivity contribution in [2.45, 2.75) is 0 Å². The summed E-state index contributed by atoms with van der Waals surface area (Å²) < 4.78 is 23.8. The molecule has 0 heterocycles. The Kier molecular flexibility index (Phi) is 3.90. The summed E-state index contributed by atoms with van der Waals surface area (Å²) in [5.74, 6) is -0.344.